The van der Waals surface area contributed by atoms with Gasteiger partial charge in [0.2, 0.25) is 0 Å². The van der Waals surface area contributed by atoms with E-state index >= 15 is 0 Å². The maximum absolute atomic E-state index is 6.31. The monoisotopic (exact) mass is 208 g/mol. The van der Waals surface area contributed by atoms with Crippen molar-refractivity contribution >= 4 is 11.6 Å². The second-order valence-electron chi connectivity index (χ2n) is 3.59. The second-order valence-corrected chi connectivity index (χ2v) is 3.97. The van der Waals surface area contributed by atoms with Gasteiger partial charge in [0.15, 0.2) is 0 Å². The summed E-state index contributed by atoms with van der Waals surface area (Å²) in [5.74, 6) is 0.333. The summed E-state index contributed by atoms with van der Waals surface area (Å²) >= 11 is 6.31. The molecule has 1 aromatic rings. The van der Waals surface area contributed by atoms with Crippen LogP contribution in [0.2, 0.25) is 5.02 Å². The second kappa shape index (κ2) is 5.21. The SMILES string of the molecule is C=CC(C)c1cccc(CCC)c1Cl. The number of halogens is 1. The van der Waals surface area contributed by atoms with Gasteiger partial charge in [-0.05, 0) is 17.5 Å². The highest BCUT2D eigenvalue weighted by atomic mass is 35.5. The first-order valence-corrected chi connectivity index (χ1v) is 5.48. The van der Waals surface area contributed by atoms with E-state index in [0.717, 1.165) is 17.9 Å². The van der Waals surface area contributed by atoms with E-state index in [1.54, 1.807) is 0 Å². The molecule has 1 heteroatoms. The smallest absolute Gasteiger partial charge is 0.0475 e. The maximum atomic E-state index is 6.31. The van der Waals surface area contributed by atoms with Crippen LogP contribution >= 0.6 is 11.6 Å². The van der Waals surface area contributed by atoms with E-state index in [4.69, 9.17) is 11.6 Å². The molecule has 0 saturated carbocycles. The lowest BCUT2D eigenvalue weighted by atomic mass is 9.97. The molecule has 0 aliphatic rings. The van der Waals surface area contributed by atoms with Crippen molar-refractivity contribution in [1.29, 1.82) is 0 Å². The molecule has 0 N–H and O–H groups in total. The maximum Gasteiger partial charge on any atom is 0.0475 e. The van der Waals surface area contributed by atoms with E-state index in [2.05, 4.69) is 38.6 Å². The minimum absolute atomic E-state index is 0.333. The number of aryl methyl sites for hydroxylation is 1. The molecule has 14 heavy (non-hydrogen) atoms. The van der Waals surface area contributed by atoms with Crippen LogP contribution in [-0.2, 0) is 6.42 Å². The van der Waals surface area contributed by atoms with Crippen molar-refractivity contribution in [2.75, 3.05) is 0 Å². The van der Waals surface area contributed by atoms with Crippen LogP contribution in [-0.4, -0.2) is 0 Å². The highest BCUT2D eigenvalue weighted by molar-refractivity contribution is 6.32. The average molecular weight is 209 g/mol. The Morgan fingerprint density at radius 3 is 2.79 bits per heavy atom. The van der Waals surface area contributed by atoms with Gasteiger partial charge in [0.05, 0.1) is 0 Å². The molecular weight excluding hydrogens is 192 g/mol. The molecule has 1 unspecified atom stereocenters. The number of benzene rings is 1. The number of hydrogen-bond donors (Lipinski definition) is 0. The zero-order valence-electron chi connectivity index (χ0n) is 8.89. The van der Waals surface area contributed by atoms with Crippen LogP contribution in [0.4, 0.5) is 0 Å². The summed E-state index contributed by atoms with van der Waals surface area (Å²) in [7, 11) is 0. The fraction of sp³-hybridized carbons (Fsp3) is 0.385. The van der Waals surface area contributed by atoms with E-state index < -0.39 is 0 Å². The summed E-state index contributed by atoms with van der Waals surface area (Å²) in [6.45, 7) is 8.08. The van der Waals surface area contributed by atoms with Crippen molar-refractivity contribution in [1.82, 2.24) is 0 Å². The first-order chi connectivity index (χ1) is 6.70. The van der Waals surface area contributed by atoms with Crippen LogP contribution < -0.4 is 0 Å². The molecule has 0 amide bonds. The van der Waals surface area contributed by atoms with E-state index in [1.807, 2.05) is 6.08 Å². The lowest BCUT2D eigenvalue weighted by Crippen LogP contribution is -1.94. The topological polar surface area (TPSA) is 0 Å². The highest BCUT2D eigenvalue weighted by Gasteiger charge is 2.08. The fourth-order valence-electron chi connectivity index (χ4n) is 1.54. The molecule has 0 radical (unpaired) electrons. The molecule has 0 aliphatic heterocycles. The van der Waals surface area contributed by atoms with Gasteiger partial charge in [-0.15, -0.1) is 6.58 Å². The van der Waals surface area contributed by atoms with E-state index in [9.17, 15) is 0 Å². The molecule has 0 heterocycles. The molecule has 1 rings (SSSR count). The van der Waals surface area contributed by atoms with Gasteiger partial charge in [-0.3, -0.25) is 0 Å². The first-order valence-electron chi connectivity index (χ1n) is 5.10. The molecule has 76 valence electrons. The zero-order valence-corrected chi connectivity index (χ0v) is 9.64. The molecule has 0 bridgehead atoms. The summed E-state index contributed by atoms with van der Waals surface area (Å²) in [4.78, 5) is 0. The predicted molar refractivity (Wildman–Crippen MR) is 64.1 cm³/mol. The minimum Gasteiger partial charge on any atom is -0.102 e. The van der Waals surface area contributed by atoms with Crippen molar-refractivity contribution in [3.05, 3.63) is 47.0 Å². The summed E-state index contributed by atoms with van der Waals surface area (Å²) < 4.78 is 0. The van der Waals surface area contributed by atoms with E-state index in [-0.39, 0.29) is 0 Å². The lowest BCUT2D eigenvalue weighted by molar-refractivity contribution is 0.906. The third-order valence-electron chi connectivity index (χ3n) is 2.47. The summed E-state index contributed by atoms with van der Waals surface area (Å²) in [5, 5.41) is 0.918. The van der Waals surface area contributed by atoms with Gasteiger partial charge in [-0.1, -0.05) is 56.1 Å². The predicted octanol–water partition coefficient (Wildman–Crippen LogP) is 4.58. The van der Waals surface area contributed by atoms with E-state index in [1.165, 1.54) is 11.1 Å². The van der Waals surface area contributed by atoms with Gasteiger partial charge in [0.25, 0.3) is 0 Å². The van der Waals surface area contributed by atoms with Crippen LogP contribution in [0.5, 0.6) is 0 Å². The summed E-state index contributed by atoms with van der Waals surface area (Å²) in [6.07, 6.45) is 4.11. The van der Waals surface area contributed by atoms with Gasteiger partial charge in [-0.2, -0.15) is 0 Å². The Morgan fingerprint density at radius 2 is 2.21 bits per heavy atom. The van der Waals surface area contributed by atoms with Crippen molar-refractivity contribution in [3.8, 4) is 0 Å². The Bertz CT molecular complexity index is 315. The number of allylic oxidation sites excluding steroid dienone is 1. The average Bonchev–Trinajstić information content (AvgIpc) is 2.20. The normalized spacial score (nSPS) is 12.5. The van der Waals surface area contributed by atoms with Gasteiger partial charge in [0.1, 0.15) is 0 Å². The third kappa shape index (κ3) is 2.39. The molecule has 1 atom stereocenters. The zero-order chi connectivity index (χ0) is 10.6. The molecule has 0 aliphatic carbocycles. The molecule has 0 aromatic heterocycles. The molecular formula is C13H17Cl. The van der Waals surface area contributed by atoms with Gasteiger partial charge in [-0.25, -0.2) is 0 Å². The van der Waals surface area contributed by atoms with Crippen LogP contribution in [0.15, 0.2) is 30.9 Å². The van der Waals surface area contributed by atoms with Crippen molar-refractivity contribution in [2.24, 2.45) is 0 Å². The quantitative estimate of drug-likeness (QED) is 0.636. The Balaban J connectivity index is 3.06. The summed E-state index contributed by atoms with van der Waals surface area (Å²) in [5.41, 5.74) is 2.44. The van der Waals surface area contributed by atoms with Crippen LogP contribution in [0.1, 0.15) is 37.3 Å². The van der Waals surface area contributed by atoms with Crippen LogP contribution in [0, 0.1) is 0 Å². The Kier molecular flexibility index (Phi) is 4.21. The largest absolute Gasteiger partial charge is 0.102 e. The Morgan fingerprint density at radius 1 is 1.50 bits per heavy atom. The molecule has 0 fully saturated rings. The Hall–Kier alpha value is -0.750. The van der Waals surface area contributed by atoms with Gasteiger partial charge < -0.3 is 0 Å². The van der Waals surface area contributed by atoms with Crippen molar-refractivity contribution in [2.45, 2.75) is 32.6 Å². The number of rotatable bonds is 4. The Labute approximate surface area is 91.6 Å². The van der Waals surface area contributed by atoms with Crippen molar-refractivity contribution < 1.29 is 0 Å². The first kappa shape index (κ1) is 11.3. The molecule has 0 spiro atoms. The van der Waals surface area contributed by atoms with Crippen LogP contribution in [0.3, 0.4) is 0 Å². The molecule has 0 saturated heterocycles. The van der Waals surface area contributed by atoms with Crippen molar-refractivity contribution in [3.63, 3.8) is 0 Å². The number of hydrogen-bond acceptors (Lipinski definition) is 0. The molecule has 1 aromatic carbocycles. The standard InChI is InChI=1S/C13H17Cl/c1-4-7-11-8-6-9-12(13(11)14)10(3)5-2/h5-6,8-10H,2,4,7H2,1,3H3. The lowest BCUT2D eigenvalue weighted by Gasteiger charge is -2.12. The van der Waals surface area contributed by atoms with Crippen LogP contribution in [0.25, 0.3) is 0 Å². The van der Waals surface area contributed by atoms with Gasteiger partial charge in [0, 0.05) is 10.9 Å². The summed E-state index contributed by atoms with van der Waals surface area (Å²) in [6, 6.07) is 6.26. The van der Waals surface area contributed by atoms with E-state index in [0.29, 0.717) is 5.92 Å². The van der Waals surface area contributed by atoms with Gasteiger partial charge >= 0.3 is 0 Å². The third-order valence-corrected chi connectivity index (χ3v) is 2.93. The minimum atomic E-state index is 0.333. The fourth-order valence-corrected chi connectivity index (χ4v) is 1.93. The molecule has 0 nitrogen and oxygen atoms in total. The highest BCUT2D eigenvalue weighted by Crippen LogP contribution is 2.28.